The minimum Gasteiger partial charge on any atom is -0.507 e. The van der Waals surface area contributed by atoms with Crippen LogP contribution in [-0.4, -0.2) is 18.4 Å². The van der Waals surface area contributed by atoms with Crippen LogP contribution in [0.25, 0.3) is 11.1 Å². The van der Waals surface area contributed by atoms with Crippen LogP contribution in [0, 0.1) is 17.8 Å². The predicted octanol–water partition coefficient (Wildman–Crippen LogP) is 8.58. The fourth-order valence-electron chi connectivity index (χ4n) is 7.85. The molecule has 3 nitrogen and oxygen atoms in total. The van der Waals surface area contributed by atoms with E-state index in [4.69, 9.17) is 9.73 Å². The zero-order valence-corrected chi connectivity index (χ0v) is 22.6. The van der Waals surface area contributed by atoms with E-state index in [2.05, 4.69) is 45.0 Å². The van der Waals surface area contributed by atoms with Gasteiger partial charge in [0.2, 0.25) is 0 Å². The lowest BCUT2D eigenvalue weighted by atomic mass is 9.47. The Morgan fingerprint density at radius 2 is 1.46 bits per heavy atom. The van der Waals surface area contributed by atoms with Gasteiger partial charge in [-0.1, -0.05) is 63.2 Å². The lowest BCUT2D eigenvalue weighted by Gasteiger charge is -2.57. The van der Waals surface area contributed by atoms with Crippen LogP contribution >= 0.6 is 0 Å². The van der Waals surface area contributed by atoms with E-state index in [1.807, 2.05) is 42.6 Å². The van der Waals surface area contributed by atoms with Gasteiger partial charge in [0.05, 0.1) is 12.8 Å². The van der Waals surface area contributed by atoms with Gasteiger partial charge in [-0.2, -0.15) is 0 Å². The molecule has 7 rings (SSSR count). The van der Waals surface area contributed by atoms with Gasteiger partial charge in [-0.05, 0) is 90.9 Å². The van der Waals surface area contributed by atoms with Crippen LogP contribution in [0.15, 0.2) is 65.7 Å². The number of aliphatic imine (C=N–C) groups is 1. The average Bonchev–Trinajstić information content (AvgIpc) is 2.86. The number of nitrogens with zero attached hydrogens (tertiary/aromatic N) is 1. The van der Waals surface area contributed by atoms with Crippen LogP contribution in [0.3, 0.4) is 0 Å². The fraction of sp³-hybridized carbons (Fsp3) is 0.441. The lowest BCUT2D eigenvalue weighted by Crippen LogP contribution is -2.48. The zero-order chi connectivity index (χ0) is 25.8. The van der Waals surface area contributed by atoms with Crippen LogP contribution < -0.4 is 4.74 Å². The van der Waals surface area contributed by atoms with Crippen molar-refractivity contribution in [2.45, 2.75) is 70.1 Å². The second-order valence-corrected chi connectivity index (χ2v) is 12.9. The molecule has 4 fully saturated rings. The molecule has 0 saturated heterocycles. The Morgan fingerprint density at radius 3 is 2.08 bits per heavy atom. The molecule has 0 radical (unpaired) electrons. The number of para-hydroxylation sites is 2. The minimum absolute atomic E-state index is 0.0113. The summed E-state index contributed by atoms with van der Waals surface area (Å²) in [6.45, 7) is 6.79. The molecule has 37 heavy (non-hydrogen) atoms. The van der Waals surface area contributed by atoms with Crippen LogP contribution in [-0.2, 0) is 10.8 Å². The van der Waals surface area contributed by atoms with Gasteiger partial charge in [-0.3, -0.25) is 4.99 Å². The summed E-state index contributed by atoms with van der Waals surface area (Å²) in [6.07, 6.45) is 9.75. The van der Waals surface area contributed by atoms with Gasteiger partial charge < -0.3 is 9.84 Å². The van der Waals surface area contributed by atoms with E-state index >= 15 is 0 Å². The van der Waals surface area contributed by atoms with Gasteiger partial charge >= 0.3 is 0 Å². The smallest absolute Gasteiger partial charge is 0.128 e. The maximum Gasteiger partial charge on any atom is 0.128 e. The van der Waals surface area contributed by atoms with Crippen molar-refractivity contribution in [1.29, 1.82) is 0 Å². The normalized spacial score (nSPS) is 26.6. The number of ether oxygens (including phenoxy) is 1. The number of methoxy groups -OCH3 is 1. The molecule has 1 N–H and O–H groups in total. The van der Waals surface area contributed by atoms with E-state index in [-0.39, 0.29) is 10.8 Å². The molecule has 0 spiro atoms. The first-order valence-electron chi connectivity index (χ1n) is 13.9. The first kappa shape index (κ1) is 24.3. The minimum atomic E-state index is -0.0113. The Hall–Kier alpha value is -3.07. The van der Waals surface area contributed by atoms with Crippen molar-refractivity contribution >= 4 is 11.9 Å². The van der Waals surface area contributed by atoms with E-state index in [0.29, 0.717) is 5.75 Å². The SMILES string of the molecule is COc1ccccc1-c1ccccc1N=Cc1cc(C(C)(C)C)cc(C23CC4CC(CC(C4)C2)C3)c1O. The highest BCUT2D eigenvalue weighted by Gasteiger charge is 2.52. The standard InChI is InChI=1S/C34H39NO2/c1-33(2,3)26-16-25(21-35-30-11-7-5-9-27(30)28-10-6-8-12-31(28)37-4)32(36)29(17-26)34-18-22-13-23(19-34)15-24(14-22)20-34/h5-12,16-17,21-24,36H,13-15,18-20H2,1-4H3. The number of phenolic OH excluding ortho intramolecular Hbond substituents is 1. The molecule has 4 aliphatic rings. The Morgan fingerprint density at radius 1 is 0.865 bits per heavy atom. The highest BCUT2D eigenvalue weighted by Crippen LogP contribution is 2.62. The van der Waals surface area contributed by atoms with Crippen molar-refractivity contribution in [3.05, 3.63) is 77.4 Å². The maximum atomic E-state index is 11.8. The van der Waals surface area contributed by atoms with Crippen LogP contribution in [0.2, 0.25) is 0 Å². The molecule has 0 amide bonds. The molecule has 0 aliphatic heterocycles. The van der Waals surface area contributed by atoms with E-state index < -0.39 is 0 Å². The summed E-state index contributed by atoms with van der Waals surface area (Å²) >= 11 is 0. The van der Waals surface area contributed by atoms with Gasteiger partial charge in [0.25, 0.3) is 0 Å². The van der Waals surface area contributed by atoms with Gasteiger partial charge in [-0.25, -0.2) is 0 Å². The highest BCUT2D eigenvalue weighted by molar-refractivity contribution is 5.90. The lowest BCUT2D eigenvalue weighted by molar-refractivity contribution is -0.00619. The van der Waals surface area contributed by atoms with Gasteiger partial charge in [0.1, 0.15) is 11.5 Å². The third kappa shape index (κ3) is 4.37. The summed E-state index contributed by atoms with van der Waals surface area (Å²) in [6, 6.07) is 20.7. The summed E-state index contributed by atoms with van der Waals surface area (Å²) in [4.78, 5) is 4.96. The van der Waals surface area contributed by atoms with Crippen LogP contribution in [0.5, 0.6) is 11.5 Å². The van der Waals surface area contributed by atoms with Crippen molar-refractivity contribution in [3.8, 4) is 22.6 Å². The predicted molar refractivity (Wildman–Crippen MR) is 152 cm³/mol. The summed E-state index contributed by atoms with van der Waals surface area (Å²) in [5, 5.41) is 11.8. The molecule has 0 aromatic heterocycles. The second-order valence-electron chi connectivity index (χ2n) is 12.9. The summed E-state index contributed by atoms with van der Waals surface area (Å²) < 4.78 is 5.63. The third-order valence-electron chi connectivity index (χ3n) is 9.26. The molecule has 0 heterocycles. The number of aromatic hydroxyl groups is 1. The van der Waals surface area contributed by atoms with Crippen molar-refractivity contribution in [2.24, 2.45) is 22.7 Å². The molecule has 4 bridgehead atoms. The third-order valence-corrected chi connectivity index (χ3v) is 9.26. The Balaban J connectivity index is 1.44. The molecular weight excluding hydrogens is 454 g/mol. The van der Waals surface area contributed by atoms with E-state index in [0.717, 1.165) is 45.9 Å². The molecule has 192 valence electrons. The Bertz CT molecular complexity index is 1310. The second kappa shape index (κ2) is 9.04. The number of hydrogen-bond donors (Lipinski definition) is 1. The van der Waals surface area contributed by atoms with Crippen LogP contribution in [0.1, 0.15) is 76.0 Å². The summed E-state index contributed by atoms with van der Waals surface area (Å²) in [5.41, 5.74) is 6.29. The highest BCUT2D eigenvalue weighted by atomic mass is 16.5. The van der Waals surface area contributed by atoms with Crippen molar-refractivity contribution < 1.29 is 9.84 Å². The van der Waals surface area contributed by atoms with Crippen molar-refractivity contribution in [1.82, 2.24) is 0 Å². The first-order chi connectivity index (χ1) is 17.8. The zero-order valence-electron chi connectivity index (χ0n) is 22.6. The van der Waals surface area contributed by atoms with Gasteiger partial charge in [0.15, 0.2) is 0 Å². The Labute approximate surface area is 221 Å². The number of phenols is 1. The van der Waals surface area contributed by atoms with E-state index in [9.17, 15) is 5.11 Å². The van der Waals surface area contributed by atoms with E-state index in [1.165, 1.54) is 49.7 Å². The van der Waals surface area contributed by atoms with Gasteiger partial charge in [0, 0.05) is 28.5 Å². The number of benzene rings is 3. The molecule has 4 aliphatic carbocycles. The van der Waals surface area contributed by atoms with Gasteiger partial charge in [-0.15, -0.1) is 0 Å². The molecule has 0 atom stereocenters. The quantitative estimate of drug-likeness (QED) is 0.362. The van der Waals surface area contributed by atoms with E-state index in [1.54, 1.807) is 7.11 Å². The molecule has 0 unspecified atom stereocenters. The molecule has 3 aromatic carbocycles. The monoisotopic (exact) mass is 493 g/mol. The largest absolute Gasteiger partial charge is 0.507 e. The summed E-state index contributed by atoms with van der Waals surface area (Å²) in [7, 11) is 1.70. The van der Waals surface area contributed by atoms with Crippen LogP contribution in [0.4, 0.5) is 5.69 Å². The topological polar surface area (TPSA) is 41.8 Å². The summed E-state index contributed by atoms with van der Waals surface area (Å²) in [5.74, 6) is 3.75. The molecule has 3 aromatic rings. The number of rotatable bonds is 5. The average molecular weight is 494 g/mol. The fourth-order valence-corrected chi connectivity index (χ4v) is 7.85. The van der Waals surface area contributed by atoms with Crippen molar-refractivity contribution in [2.75, 3.05) is 7.11 Å². The molecule has 4 saturated carbocycles. The van der Waals surface area contributed by atoms with Crippen molar-refractivity contribution in [3.63, 3.8) is 0 Å². The Kier molecular flexibility index (Phi) is 5.93. The first-order valence-corrected chi connectivity index (χ1v) is 13.9. The maximum absolute atomic E-state index is 11.8. The molecular formula is C34H39NO2. The number of hydrogen-bond acceptors (Lipinski definition) is 3. The molecule has 3 heteroatoms.